The summed E-state index contributed by atoms with van der Waals surface area (Å²) in [5.41, 5.74) is -0.126. The Morgan fingerprint density at radius 2 is 2.17 bits per heavy atom. The zero-order chi connectivity index (χ0) is 13.2. The maximum absolute atomic E-state index is 12.6. The topological polar surface area (TPSA) is 75.1 Å². The number of carbonyl (C=O) groups is 1. The van der Waals surface area contributed by atoms with Gasteiger partial charge in [0.25, 0.3) is 0 Å². The lowest BCUT2D eigenvalue weighted by molar-refractivity contribution is -0.111. The molecule has 18 heavy (non-hydrogen) atoms. The normalized spacial score (nSPS) is 18.1. The van der Waals surface area contributed by atoms with Crippen LogP contribution in [-0.4, -0.2) is 33.5 Å². The van der Waals surface area contributed by atoms with Gasteiger partial charge >= 0.3 is 5.97 Å². The third-order valence-corrected chi connectivity index (χ3v) is 2.90. The lowest BCUT2D eigenvalue weighted by Crippen LogP contribution is -2.36. The summed E-state index contributed by atoms with van der Waals surface area (Å²) in [4.78, 5) is 18.1. The number of anilines is 1. The number of carboxylic acids is 1. The largest absolute Gasteiger partial charge is 0.476 e. The molecule has 0 atom stereocenters. The quantitative estimate of drug-likeness (QED) is 0.844. The lowest BCUT2D eigenvalue weighted by Gasteiger charge is -2.34. The van der Waals surface area contributed by atoms with E-state index in [2.05, 4.69) is 15.3 Å². The number of alkyl halides is 2. The van der Waals surface area contributed by atoms with Crippen molar-refractivity contribution in [3.63, 3.8) is 0 Å². The van der Waals surface area contributed by atoms with Crippen LogP contribution in [0.15, 0.2) is 12.4 Å². The van der Waals surface area contributed by atoms with E-state index in [1.165, 1.54) is 6.20 Å². The molecule has 2 N–H and O–H groups in total. The van der Waals surface area contributed by atoms with E-state index in [-0.39, 0.29) is 24.5 Å². The van der Waals surface area contributed by atoms with E-state index in [4.69, 9.17) is 5.11 Å². The molecular formula is C11H13F2N3O2. The van der Waals surface area contributed by atoms with Gasteiger partial charge in [0.05, 0.1) is 12.4 Å². The smallest absolute Gasteiger partial charge is 0.356 e. The molecule has 0 radical (unpaired) electrons. The number of hydrogen-bond acceptors (Lipinski definition) is 4. The van der Waals surface area contributed by atoms with Crippen molar-refractivity contribution in [1.82, 2.24) is 9.97 Å². The number of hydrogen-bond donors (Lipinski definition) is 2. The molecule has 1 fully saturated rings. The van der Waals surface area contributed by atoms with Gasteiger partial charge in [-0.3, -0.25) is 0 Å². The van der Waals surface area contributed by atoms with E-state index in [1.807, 2.05) is 0 Å². The molecule has 0 aliphatic heterocycles. The molecule has 0 spiro atoms. The maximum atomic E-state index is 12.6. The Balaban J connectivity index is 1.72. The summed E-state index contributed by atoms with van der Waals surface area (Å²) in [6, 6.07) is 0. The second-order valence-corrected chi connectivity index (χ2v) is 4.44. The zero-order valence-corrected chi connectivity index (χ0v) is 9.57. The number of aromatic nitrogens is 2. The fraction of sp³-hybridized carbons (Fsp3) is 0.545. The van der Waals surface area contributed by atoms with E-state index in [1.54, 1.807) is 0 Å². The third-order valence-electron chi connectivity index (χ3n) is 2.90. The average molecular weight is 257 g/mol. The minimum Gasteiger partial charge on any atom is -0.476 e. The van der Waals surface area contributed by atoms with Crippen LogP contribution in [-0.2, 0) is 0 Å². The molecule has 5 nitrogen and oxygen atoms in total. The van der Waals surface area contributed by atoms with Crippen molar-refractivity contribution in [3.05, 3.63) is 18.1 Å². The maximum Gasteiger partial charge on any atom is 0.356 e. The summed E-state index contributed by atoms with van der Waals surface area (Å²) in [6.45, 7) is 0.530. The van der Waals surface area contributed by atoms with Crippen LogP contribution in [0, 0.1) is 5.92 Å². The van der Waals surface area contributed by atoms with Gasteiger partial charge < -0.3 is 10.4 Å². The van der Waals surface area contributed by atoms with Crippen LogP contribution in [0.3, 0.4) is 0 Å². The molecule has 1 aliphatic rings. The Labute approximate surface area is 102 Å². The molecular weight excluding hydrogens is 244 g/mol. The SMILES string of the molecule is O=C(O)c1cnc(NCCC2CC(F)(F)C2)cn1. The molecule has 1 aromatic heterocycles. The summed E-state index contributed by atoms with van der Waals surface area (Å²) in [6.07, 6.45) is 3.04. The van der Waals surface area contributed by atoms with Crippen LogP contribution in [0.1, 0.15) is 29.8 Å². The Morgan fingerprint density at radius 1 is 1.44 bits per heavy atom. The Morgan fingerprint density at radius 3 is 2.67 bits per heavy atom. The van der Waals surface area contributed by atoms with Gasteiger partial charge in [0.1, 0.15) is 5.82 Å². The Hall–Kier alpha value is -1.79. The molecule has 0 unspecified atom stereocenters. The lowest BCUT2D eigenvalue weighted by atomic mass is 9.79. The predicted molar refractivity (Wildman–Crippen MR) is 59.8 cm³/mol. The molecule has 0 bridgehead atoms. The van der Waals surface area contributed by atoms with Crippen molar-refractivity contribution in [3.8, 4) is 0 Å². The molecule has 98 valence electrons. The summed E-state index contributed by atoms with van der Waals surface area (Å²) >= 11 is 0. The van der Waals surface area contributed by atoms with E-state index < -0.39 is 11.9 Å². The van der Waals surface area contributed by atoms with Crippen LogP contribution in [0.25, 0.3) is 0 Å². The van der Waals surface area contributed by atoms with Crippen molar-refractivity contribution in [2.45, 2.75) is 25.2 Å². The second-order valence-electron chi connectivity index (χ2n) is 4.44. The monoisotopic (exact) mass is 257 g/mol. The summed E-state index contributed by atoms with van der Waals surface area (Å²) in [7, 11) is 0. The molecule has 0 aromatic carbocycles. The Bertz CT molecular complexity index is 428. The van der Waals surface area contributed by atoms with Crippen molar-refractivity contribution >= 4 is 11.8 Å². The van der Waals surface area contributed by atoms with Gasteiger partial charge in [-0.05, 0) is 12.3 Å². The number of nitrogens with zero attached hydrogens (tertiary/aromatic N) is 2. The van der Waals surface area contributed by atoms with Crippen LogP contribution >= 0.6 is 0 Å². The Kier molecular flexibility index (Phi) is 3.40. The van der Waals surface area contributed by atoms with Gasteiger partial charge in [0, 0.05) is 19.4 Å². The molecule has 0 saturated heterocycles. The number of halogens is 2. The van der Waals surface area contributed by atoms with Gasteiger partial charge in [0.15, 0.2) is 5.69 Å². The number of aromatic carboxylic acids is 1. The zero-order valence-electron chi connectivity index (χ0n) is 9.57. The first-order valence-electron chi connectivity index (χ1n) is 5.63. The van der Waals surface area contributed by atoms with Crippen LogP contribution in [0.4, 0.5) is 14.6 Å². The van der Waals surface area contributed by atoms with Crippen LogP contribution in [0.2, 0.25) is 0 Å². The first kappa shape index (κ1) is 12.7. The van der Waals surface area contributed by atoms with Gasteiger partial charge in [0.2, 0.25) is 5.92 Å². The highest BCUT2D eigenvalue weighted by Crippen LogP contribution is 2.43. The molecule has 1 aromatic rings. The van der Waals surface area contributed by atoms with Crippen molar-refractivity contribution in [2.24, 2.45) is 5.92 Å². The fourth-order valence-electron chi connectivity index (χ4n) is 1.92. The number of carboxylic acid groups (broad SMARTS) is 1. The van der Waals surface area contributed by atoms with E-state index in [9.17, 15) is 13.6 Å². The summed E-state index contributed by atoms with van der Waals surface area (Å²) in [5, 5.41) is 11.5. The van der Waals surface area contributed by atoms with E-state index in [0.29, 0.717) is 18.8 Å². The van der Waals surface area contributed by atoms with Crippen LogP contribution in [0.5, 0.6) is 0 Å². The first-order chi connectivity index (χ1) is 8.46. The number of rotatable bonds is 5. The summed E-state index contributed by atoms with van der Waals surface area (Å²) in [5.74, 6) is -3.11. The first-order valence-corrected chi connectivity index (χ1v) is 5.63. The van der Waals surface area contributed by atoms with Gasteiger partial charge in [-0.15, -0.1) is 0 Å². The number of nitrogens with one attached hydrogen (secondary N) is 1. The van der Waals surface area contributed by atoms with Crippen molar-refractivity contribution in [1.29, 1.82) is 0 Å². The highest BCUT2D eigenvalue weighted by atomic mass is 19.3. The van der Waals surface area contributed by atoms with E-state index in [0.717, 1.165) is 6.20 Å². The average Bonchev–Trinajstić information content (AvgIpc) is 2.27. The molecule has 1 saturated carbocycles. The molecule has 1 heterocycles. The van der Waals surface area contributed by atoms with Crippen molar-refractivity contribution in [2.75, 3.05) is 11.9 Å². The van der Waals surface area contributed by atoms with Gasteiger partial charge in [-0.25, -0.2) is 23.5 Å². The molecule has 1 aliphatic carbocycles. The highest BCUT2D eigenvalue weighted by Gasteiger charge is 2.44. The molecule has 2 rings (SSSR count). The third kappa shape index (κ3) is 3.12. The highest BCUT2D eigenvalue weighted by molar-refractivity contribution is 5.84. The minimum absolute atomic E-state index is 0.0433. The fourth-order valence-corrected chi connectivity index (χ4v) is 1.92. The standard InChI is InChI=1S/C11H13F2N3O2/c12-11(13)3-7(4-11)1-2-14-9-6-15-8(5-16-9)10(17)18/h5-7H,1-4H2,(H,14,16)(H,17,18). The minimum atomic E-state index is -2.48. The predicted octanol–water partition coefficient (Wildman–Crippen LogP) is 2.02. The summed E-state index contributed by atoms with van der Waals surface area (Å²) < 4.78 is 25.1. The van der Waals surface area contributed by atoms with Crippen molar-refractivity contribution < 1.29 is 18.7 Å². The van der Waals surface area contributed by atoms with E-state index >= 15 is 0 Å². The van der Waals surface area contributed by atoms with Crippen LogP contribution < -0.4 is 5.32 Å². The van der Waals surface area contributed by atoms with Gasteiger partial charge in [-0.1, -0.05) is 0 Å². The molecule has 0 amide bonds. The molecule has 7 heteroatoms. The van der Waals surface area contributed by atoms with Gasteiger partial charge in [-0.2, -0.15) is 0 Å². The second kappa shape index (κ2) is 4.83.